The maximum atomic E-state index is 12.6. The third-order valence-electron chi connectivity index (χ3n) is 4.21. The Bertz CT molecular complexity index is 1120. The molecule has 0 fully saturated rings. The molecule has 178 valence electrons. The van der Waals surface area contributed by atoms with Crippen LogP contribution >= 0.6 is 15.9 Å². The summed E-state index contributed by atoms with van der Waals surface area (Å²) in [5.41, 5.74) is 1.06. The van der Waals surface area contributed by atoms with Gasteiger partial charge in [0.2, 0.25) is 0 Å². The van der Waals surface area contributed by atoms with E-state index in [0.717, 1.165) is 0 Å². The predicted molar refractivity (Wildman–Crippen MR) is 127 cm³/mol. The van der Waals surface area contributed by atoms with Crippen molar-refractivity contribution >= 4 is 45.5 Å². The van der Waals surface area contributed by atoms with Crippen molar-refractivity contribution in [2.24, 2.45) is 0 Å². The molecule has 0 aliphatic heterocycles. The van der Waals surface area contributed by atoms with Gasteiger partial charge in [0.25, 0.3) is 5.91 Å². The van der Waals surface area contributed by atoms with Crippen LogP contribution in [0.4, 0.5) is 5.69 Å². The smallest absolute Gasteiger partial charge is 0.344 e. The van der Waals surface area contributed by atoms with Crippen LogP contribution < -0.4 is 14.8 Å². The number of nitrogens with one attached hydrogen (secondary N) is 1. The molecule has 0 bridgehead atoms. The largest absolute Gasteiger partial charge is 0.490 e. The van der Waals surface area contributed by atoms with E-state index in [1.54, 1.807) is 26.0 Å². The first-order chi connectivity index (χ1) is 16.3. The van der Waals surface area contributed by atoms with E-state index in [4.69, 9.17) is 14.2 Å². The van der Waals surface area contributed by atoms with Crippen molar-refractivity contribution in [3.05, 3.63) is 57.6 Å². The summed E-state index contributed by atoms with van der Waals surface area (Å²) in [5.74, 6) is -1.04. The molecule has 1 N–H and O–H groups in total. The van der Waals surface area contributed by atoms with E-state index in [2.05, 4.69) is 26.0 Å². The Labute approximate surface area is 205 Å². The SMILES string of the molecule is CCOC(=O)COc1c(Br)cc(/C=C(\C#N)C(=O)Nc2ccc(C(=O)OC)cc2)cc1OCC. The highest BCUT2D eigenvalue weighted by molar-refractivity contribution is 9.10. The van der Waals surface area contributed by atoms with Gasteiger partial charge >= 0.3 is 11.9 Å². The lowest BCUT2D eigenvalue weighted by Gasteiger charge is -2.14. The number of hydrogen-bond donors (Lipinski definition) is 1. The van der Waals surface area contributed by atoms with Gasteiger partial charge in [0, 0.05) is 5.69 Å². The standard InChI is InChI=1S/C24H23BrN2O7/c1-4-32-20-12-15(11-19(25)22(20)34-14-21(28)33-5-2)10-17(13-26)23(29)27-18-8-6-16(7-9-18)24(30)31-3/h6-12H,4-5,14H2,1-3H3,(H,27,29)/b17-10+. The zero-order valence-electron chi connectivity index (χ0n) is 18.8. The number of halogens is 1. The minimum absolute atomic E-state index is 0.161. The van der Waals surface area contributed by atoms with Crippen LogP contribution in [0.3, 0.4) is 0 Å². The Balaban J connectivity index is 2.25. The summed E-state index contributed by atoms with van der Waals surface area (Å²) in [7, 11) is 1.27. The topological polar surface area (TPSA) is 124 Å². The summed E-state index contributed by atoms with van der Waals surface area (Å²) in [6.45, 7) is 3.73. The summed E-state index contributed by atoms with van der Waals surface area (Å²) >= 11 is 3.38. The Morgan fingerprint density at radius 1 is 1.09 bits per heavy atom. The number of carbonyl (C=O) groups excluding carboxylic acids is 3. The van der Waals surface area contributed by atoms with Crippen molar-refractivity contribution in [1.82, 2.24) is 0 Å². The average molecular weight is 531 g/mol. The summed E-state index contributed by atoms with van der Waals surface area (Å²) < 4.78 is 21.1. The summed E-state index contributed by atoms with van der Waals surface area (Å²) in [6, 6.07) is 11.1. The highest BCUT2D eigenvalue weighted by Gasteiger charge is 2.16. The minimum Gasteiger partial charge on any atom is -0.490 e. The van der Waals surface area contributed by atoms with E-state index in [-0.39, 0.29) is 18.8 Å². The van der Waals surface area contributed by atoms with Crippen LogP contribution in [-0.4, -0.2) is 44.8 Å². The number of nitriles is 1. The monoisotopic (exact) mass is 530 g/mol. The summed E-state index contributed by atoms with van der Waals surface area (Å²) in [6.07, 6.45) is 1.39. The Hall–Kier alpha value is -3.84. The molecule has 0 aromatic heterocycles. The van der Waals surface area contributed by atoms with E-state index in [0.29, 0.717) is 39.4 Å². The fourth-order valence-electron chi connectivity index (χ4n) is 2.73. The zero-order valence-corrected chi connectivity index (χ0v) is 20.4. The fraction of sp³-hybridized carbons (Fsp3) is 0.250. The van der Waals surface area contributed by atoms with Gasteiger partial charge < -0.3 is 24.3 Å². The molecule has 0 spiro atoms. The molecule has 0 aliphatic carbocycles. The predicted octanol–water partition coefficient (Wildman–Crippen LogP) is 4.12. The van der Waals surface area contributed by atoms with Crippen LogP contribution in [0, 0.1) is 11.3 Å². The highest BCUT2D eigenvalue weighted by atomic mass is 79.9. The fourth-order valence-corrected chi connectivity index (χ4v) is 3.30. The van der Waals surface area contributed by atoms with Gasteiger partial charge in [0.15, 0.2) is 18.1 Å². The van der Waals surface area contributed by atoms with Gasteiger partial charge in [-0.25, -0.2) is 9.59 Å². The lowest BCUT2D eigenvalue weighted by molar-refractivity contribution is -0.145. The van der Waals surface area contributed by atoms with Crippen molar-refractivity contribution in [2.45, 2.75) is 13.8 Å². The maximum Gasteiger partial charge on any atom is 0.344 e. The molecule has 2 aromatic carbocycles. The van der Waals surface area contributed by atoms with Crippen LogP contribution in [0.25, 0.3) is 6.08 Å². The first-order valence-corrected chi connectivity index (χ1v) is 11.0. The number of hydrogen-bond acceptors (Lipinski definition) is 8. The summed E-state index contributed by atoms with van der Waals surface area (Å²) in [4.78, 5) is 35.8. The molecule has 0 unspecified atom stereocenters. The number of esters is 2. The lowest BCUT2D eigenvalue weighted by Crippen LogP contribution is -2.15. The van der Waals surface area contributed by atoms with Crippen LogP contribution in [0.2, 0.25) is 0 Å². The highest BCUT2D eigenvalue weighted by Crippen LogP contribution is 2.37. The van der Waals surface area contributed by atoms with E-state index in [1.165, 1.54) is 37.5 Å². The van der Waals surface area contributed by atoms with Crippen molar-refractivity contribution in [3.8, 4) is 17.6 Å². The number of amides is 1. The molecule has 2 rings (SSSR count). The second kappa shape index (κ2) is 13.0. The number of methoxy groups -OCH3 is 1. The number of anilines is 1. The molecular weight excluding hydrogens is 508 g/mol. The van der Waals surface area contributed by atoms with Gasteiger partial charge in [-0.3, -0.25) is 4.79 Å². The molecule has 10 heteroatoms. The number of carbonyl (C=O) groups is 3. The molecule has 0 aliphatic rings. The average Bonchev–Trinajstić information content (AvgIpc) is 2.82. The molecule has 0 heterocycles. The second-order valence-electron chi connectivity index (χ2n) is 6.55. The zero-order chi connectivity index (χ0) is 25.1. The van der Waals surface area contributed by atoms with Crippen molar-refractivity contribution in [2.75, 3.05) is 32.2 Å². The van der Waals surface area contributed by atoms with Gasteiger partial charge in [-0.1, -0.05) is 0 Å². The molecular formula is C24H23BrN2O7. The van der Waals surface area contributed by atoms with Crippen LogP contribution in [0.15, 0.2) is 46.4 Å². The first-order valence-electron chi connectivity index (χ1n) is 10.2. The van der Waals surface area contributed by atoms with E-state index >= 15 is 0 Å². The van der Waals surface area contributed by atoms with Crippen molar-refractivity contribution < 1.29 is 33.3 Å². The quantitative estimate of drug-likeness (QED) is 0.276. The molecule has 0 saturated carbocycles. The number of benzene rings is 2. The lowest BCUT2D eigenvalue weighted by atomic mass is 10.1. The van der Waals surface area contributed by atoms with Gasteiger partial charge in [0.05, 0.1) is 30.4 Å². The molecule has 34 heavy (non-hydrogen) atoms. The Kier molecular flexibility index (Phi) is 10.1. The first kappa shape index (κ1) is 26.4. The normalized spacial score (nSPS) is 10.6. The minimum atomic E-state index is -0.634. The second-order valence-corrected chi connectivity index (χ2v) is 7.40. The Morgan fingerprint density at radius 2 is 1.79 bits per heavy atom. The number of ether oxygens (including phenoxy) is 4. The Morgan fingerprint density at radius 3 is 2.38 bits per heavy atom. The van der Waals surface area contributed by atoms with E-state index in [9.17, 15) is 19.6 Å². The summed E-state index contributed by atoms with van der Waals surface area (Å²) in [5, 5.41) is 12.1. The van der Waals surface area contributed by atoms with Gasteiger partial charge in [-0.15, -0.1) is 0 Å². The molecule has 0 atom stereocenters. The molecule has 0 radical (unpaired) electrons. The third kappa shape index (κ3) is 7.35. The van der Waals surface area contributed by atoms with Gasteiger partial charge in [-0.05, 0) is 77.8 Å². The molecule has 1 amide bonds. The maximum absolute atomic E-state index is 12.6. The van der Waals surface area contributed by atoms with Crippen LogP contribution in [0.5, 0.6) is 11.5 Å². The van der Waals surface area contributed by atoms with Crippen molar-refractivity contribution in [1.29, 1.82) is 5.26 Å². The van der Waals surface area contributed by atoms with Gasteiger partial charge in [-0.2, -0.15) is 5.26 Å². The van der Waals surface area contributed by atoms with Crippen LogP contribution in [0.1, 0.15) is 29.8 Å². The van der Waals surface area contributed by atoms with Crippen LogP contribution in [-0.2, 0) is 19.1 Å². The molecule has 2 aromatic rings. The number of rotatable bonds is 10. The molecule has 9 nitrogen and oxygen atoms in total. The third-order valence-corrected chi connectivity index (χ3v) is 4.80. The van der Waals surface area contributed by atoms with Gasteiger partial charge in [0.1, 0.15) is 11.6 Å². The van der Waals surface area contributed by atoms with E-state index < -0.39 is 17.8 Å². The molecule has 0 saturated heterocycles. The number of nitrogens with zero attached hydrogens (tertiary/aromatic N) is 1. The van der Waals surface area contributed by atoms with Crippen molar-refractivity contribution in [3.63, 3.8) is 0 Å². The van der Waals surface area contributed by atoms with E-state index in [1.807, 2.05) is 6.07 Å².